The highest BCUT2D eigenvalue weighted by Crippen LogP contribution is 2.20. The molecule has 106 valence electrons. The van der Waals surface area contributed by atoms with Crippen molar-refractivity contribution in [2.45, 2.75) is 19.8 Å². The lowest BCUT2D eigenvalue weighted by molar-refractivity contribution is -0.149. The smallest absolute Gasteiger partial charge is 0.310 e. The zero-order valence-electron chi connectivity index (χ0n) is 10.9. The van der Waals surface area contributed by atoms with Crippen molar-refractivity contribution in [2.24, 2.45) is 5.92 Å². The van der Waals surface area contributed by atoms with E-state index in [9.17, 15) is 13.2 Å². The normalized spacial score (nSPS) is 21.8. The van der Waals surface area contributed by atoms with Crippen molar-refractivity contribution in [1.29, 1.82) is 0 Å². The molecular weight excluding hydrogens is 258 g/mol. The fraction of sp³-hybridized carbons (Fsp3) is 0.909. The van der Waals surface area contributed by atoms with Gasteiger partial charge in [0.15, 0.2) is 0 Å². The minimum atomic E-state index is -3.33. The fourth-order valence-corrected chi connectivity index (χ4v) is 3.42. The zero-order valence-corrected chi connectivity index (χ0v) is 11.7. The molecule has 0 radical (unpaired) electrons. The van der Waals surface area contributed by atoms with Gasteiger partial charge in [0.1, 0.15) is 0 Å². The number of nitrogens with zero attached hydrogens (tertiary/aromatic N) is 1. The van der Waals surface area contributed by atoms with Crippen LogP contribution in [0.15, 0.2) is 0 Å². The lowest BCUT2D eigenvalue weighted by atomic mass is 10.0. The Labute approximate surface area is 108 Å². The van der Waals surface area contributed by atoms with Crippen molar-refractivity contribution in [1.82, 2.24) is 4.31 Å². The van der Waals surface area contributed by atoms with Gasteiger partial charge in [-0.3, -0.25) is 4.79 Å². The monoisotopic (exact) mass is 279 g/mol. The van der Waals surface area contributed by atoms with Gasteiger partial charge < -0.3 is 9.47 Å². The van der Waals surface area contributed by atoms with Crippen LogP contribution in [-0.2, 0) is 24.3 Å². The number of piperidine rings is 1. The molecule has 0 spiro atoms. The SMILES string of the molecule is CCOC(=O)[C@H]1CCCN(S(=O)(=O)CCOC)C1. The Kier molecular flexibility index (Phi) is 6.04. The summed E-state index contributed by atoms with van der Waals surface area (Å²) in [5, 5.41) is 0. The minimum Gasteiger partial charge on any atom is -0.466 e. The van der Waals surface area contributed by atoms with E-state index in [1.807, 2.05) is 0 Å². The molecule has 1 rings (SSSR count). The first-order chi connectivity index (χ1) is 8.51. The first kappa shape index (κ1) is 15.4. The van der Waals surface area contributed by atoms with E-state index in [1.54, 1.807) is 6.92 Å². The second kappa shape index (κ2) is 7.06. The van der Waals surface area contributed by atoms with Crippen LogP contribution >= 0.6 is 0 Å². The number of esters is 1. The summed E-state index contributed by atoms with van der Waals surface area (Å²) in [5.74, 6) is -0.681. The van der Waals surface area contributed by atoms with Gasteiger partial charge in [0.2, 0.25) is 10.0 Å². The Bertz CT molecular complexity index is 368. The molecule has 1 aliphatic rings. The highest BCUT2D eigenvalue weighted by molar-refractivity contribution is 7.89. The molecule has 1 heterocycles. The van der Waals surface area contributed by atoms with Crippen molar-refractivity contribution in [3.05, 3.63) is 0 Å². The van der Waals surface area contributed by atoms with E-state index >= 15 is 0 Å². The molecule has 1 saturated heterocycles. The van der Waals surface area contributed by atoms with Gasteiger partial charge >= 0.3 is 5.97 Å². The summed E-state index contributed by atoms with van der Waals surface area (Å²) < 4.78 is 35.0. The van der Waals surface area contributed by atoms with Crippen LogP contribution in [0.4, 0.5) is 0 Å². The summed E-state index contributed by atoms with van der Waals surface area (Å²) >= 11 is 0. The van der Waals surface area contributed by atoms with Crippen molar-refractivity contribution in [3.8, 4) is 0 Å². The van der Waals surface area contributed by atoms with Crippen LogP contribution < -0.4 is 0 Å². The lowest BCUT2D eigenvalue weighted by Crippen LogP contribution is -2.44. The summed E-state index contributed by atoms with van der Waals surface area (Å²) in [7, 11) is -1.86. The summed E-state index contributed by atoms with van der Waals surface area (Å²) in [4.78, 5) is 11.6. The van der Waals surface area contributed by atoms with E-state index in [-0.39, 0.29) is 30.8 Å². The van der Waals surface area contributed by atoms with Crippen LogP contribution in [0.25, 0.3) is 0 Å². The predicted molar refractivity (Wildman–Crippen MR) is 66.6 cm³/mol. The molecule has 0 amide bonds. The van der Waals surface area contributed by atoms with Crippen molar-refractivity contribution in [2.75, 3.05) is 39.2 Å². The standard InChI is InChI=1S/C11H21NO5S/c1-3-17-11(13)10-5-4-6-12(9-10)18(14,15)8-7-16-2/h10H,3-9H2,1-2H3/t10-/m0/s1. The van der Waals surface area contributed by atoms with Gasteiger partial charge in [0.05, 0.1) is 24.9 Å². The largest absolute Gasteiger partial charge is 0.466 e. The van der Waals surface area contributed by atoms with E-state index in [0.717, 1.165) is 0 Å². The van der Waals surface area contributed by atoms with Crippen LogP contribution in [-0.4, -0.2) is 57.9 Å². The third kappa shape index (κ3) is 4.22. The van der Waals surface area contributed by atoms with Gasteiger partial charge in [0, 0.05) is 20.2 Å². The molecule has 1 atom stereocenters. The molecule has 1 fully saturated rings. The number of carbonyl (C=O) groups excluding carboxylic acids is 1. The van der Waals surface area contributed by atoms with Gasteiger partial charge in [-0.05, 0) is 19.8 Å². The third-order valence-corrected chi connectivity index (χ3v) is 4.74. The molecule has 0 N–H and O–H groups in total. The Morgan fingerprint density at radius 3 is 2.78 bits per heavy atom. The molecule has 18 heavy (non-hydrogen) atoms. The first-order valence-corrected chi connectivity index (χ1v) is 7.75. The van der Waals surface area contributed by atoms with E-state index in [4.69, 9.17) is 9.47 Å². The number of hydrogen-bond acceptors (Lipinski definition) is 5. The average molecular weight is 279 g/mol. The Balaban J connectivity index is 2.60. The van der Waals surface area contributed by atoms with Crippen molar-refractivity contribution >= 4 is 16.0 Å². The molecule has 0 aromatic carbocycles. The van der Waals surface area contributed by atoms with Crippen LogP contribution in [0.5, 0.6) is 0 Å². The Hall–Kier alpha value is -0.660. The maximum atomic E-state index is 12.0. The lowest BCUT2D eigenvalue weighted by Gasteiger charge is -2.30. The number of methoxy groups -OCH3 is 1. The van der Waals surface area contributed by atoms with Crippen LogP contribution in [0.2, 0.25) is 0 Å². The van der Waals surface area contributed by atoms with Gasteiger partial charge in [-0.25, -0.2) is 12.7 Å². The maximum Gasteiger partial charge on any atom is 0.310 e. The molecule has 0 aromatic heterocycles. The number of rotatable bonds is 6. The summed E-state index contributed by atoms with van der Waals surface area (Å²) in [5.41, 5.74) is 0. The Morgan fingerprint density at radius 1 is 1.44 bits per heavy atom. The summed E-state index contributed by atoms with van der Waals surface area (Å²) in [6.45, 7) is 2.94. The zero-order chi connectivity index (χ0) is 13.6. The predicted octanol–water partition coefficient (Wildman–Crippen LogP) is 0.238. The number of hydrogen-bond donors (Lipinski definition) is 0. The van der Waals surface area contributed by atoms with Gasteiger partial charge in [-0.2, -0.15) is 0 Å². The highest BCUT2D eigenvalue weighted by Gasteiger charge is 2.32. The maximum absolute atomic E-state index is 12.0. The van der Waals surface area contributed by atoms with E-state index in [1.165, 1.54) is 11.4 Å². The number of carbonyl (C=O) groups is 1. The second-order valence-electron chi connectivity index (χ2n) is 4.26. The molecule has 1 aliphatic heterocycles. The molecular formula is C11H21NO5S. The van der Waals surface area contributed by atoms with Crippen LogP contribution in [0.3, 0.4) is 0 Å². The van der Waals surface area contributed by atoms with E-state index in [0.29, 0.717) is 26.0 Å². The summed E-state index contributed by atoms with van der Waals surface area (Å²) in [6.07, 6.45) is 1.38. The Morgan fingerprint density at radius 2 is 2.17 bits per heavy atom. The molecule has 0 unspecified atom stereocenters. The van der Waals surface area contributed by atoms with Gasteiger partial charge in [0.25, 0.3) is 0 Å². The van der Waals surface area contributed by atoms with E-state index < -0.39 is 10.0 Å². The molecule has 7 heteroatoms. The third-order valence-electron chi connectivity index (χ3n) is 2.94. The first-order valence-electron chi connectivity index (χ1n) is 6.14. The van der Waals surface area contributed by atoms with Crippen LogP contribution in [0.1, 0.15) is 19.8 Å². The van der Waals surface area contributed by atoms with Crippen molar-refractivity contribution < 1.29 is 22.7 Å². The molecule has 0 saturated carbocycles. The second-order valence-corrected chi connectivity index (χ2v) is 6.35. The average Bonchev–Trinajstić information content (AvgIpc) is 2.37. The van der Waals surface area contributed by atoms with Gasteiger partial charge in [-0.15, -0.1) is 0 Å². The quantitative estimate of drug-likeness (QED) is 0.651. The molecule has 0 aromatic rings. The van der Waals surface area contributed by atoms with Crippen LogP contribution in [0, 0.1) is 5.92 Å². The molecule has 6 nitrogen and oxygen atoms in total. The molecule has 0 bridgehead atoms. The molecule has 0 aliphatic carbocycles. The summed E-state index contributed by atoms with van der Waals surface area (Å²) in [6, 6.07) is 0. The highest BCUT2D eigenvalue weighted by atomic mass is 32.2. The fourth-order valence-electron chi connectivity index (χ4n) is 1.97. The number of ether oxygens (including phenoxy) is 2. The van der Waals surface area contributed by atoms with Gasteiger partial charge in [-0.1, -0.05) is 0 Å². The number of sulfonamides is 1. The topological polar surface area (TPSA) is 72.9 Å². The van der Waals surface area contributed by atoms with E-state index in [2.05, 4.69) is 0 Å². The van der Waals surface area contributed by atoms with Crippen molar-refractivity contribution in [3.63, 3.8) is 0 Å². The minimum absolute atomic E-state index is 0.0426.